The molecule has 4 rings (SSSR count). The molecular formula is C22H26N4OS. The third kappa shape index (κ3) is 3.87. The van der Waals surface area contributed by atoms with Gasteiger partial charge in [-0.25, -0.2) is 0 Å². The van der Waals surface area contributed by atoms with Crippen LogP contribution in [0.4, 0.5) is 11.4 Å². The molecule has 6 heteroatoms. The number of amidine groups is 1. The molecule has 28 heavy (non-hydrogen) atoms. The van der Waals surface area contributed by atoms with Crippen LogP contribution in [0.5, 0.6) is 0 Å². The molecule has 0 saturated carbocycles. The van der Waals surface area contributed by atoms with Crippen LogP contribution in [0, 0.1) is 0 Å². The van der Waals surface area contributed by atoms with Gasteiger partial charge in [0.15, 0.2) is 0 Å². The molecule has 2 aliphatic rings. The van der Waals surface area contributed by atoms with Gasteiger partial charge < -0.3 is 15.5 Å². The molecule has 1 amide bonds. The second-order valence-corrected chi connectivity index (χ2v) is 8.34. The molecule has 0 aromatic heterocycles. The highest BCUT2D eigenvalue weighted by Crippen LogP contribution is 2.30. The minimum Gasteiger partial charge on any atom is -0.372 e. The lowest BCUT2D eigenvalue weighted by molar-refractivity contribution is -0.117. The second-order valence-electron chi connectivity index (χ2n) is 7.35. The predicted octanol–water partition coefficient (Wildman–Crippen LogP) is 3.82. The Balaban J connectivity index is 1.55. The van der Waals surface area contributed by atoms with E-state index in [9.17, 15) is 4.79 Å². The topological polar surface area (TPSA) is 56.7 Å². The van der Waals surface area contributed by atoms with Crippen molar-refractivity contribution >= 4 is 34.9 Å². The third-order valence-electron chi connectivity index (χ3n) is 5.30. The summed E-state index contributed by atoms with van der Waals surface area (Å²) in [5.74, 6) is 2.00. The molecule has 146 valence electrons. The number of rotatable bonds is 6. The summed E-state index contributed by atoms with van der Waals surface area (Å²) >= 11 is 1.76. The highest BCUT2D eigenvalue weighted by Gasteiger charge is 2.28. The van der Waals surface area contributed by atoms with E-state index in [0.717, 1.165) is 48.0 Å². The maximum Gasteiger partial charge on any atom is 0.246 e. The highest BCUT2D eigenvalue weighted by molar-refractivity contribution is 7.98. The normalized spacial score (nSPS) is 21.0. The Morgan fingerprint density at radius 3 is 2.79 bits per heavy atom. The van der Waals surface area contributed by atoms with Crippen molar-refractivity contribution in [2.24, 2.45) is 4.99 Å². The van der Waals surface area contributed by atoms with Gasteiger partial charge in [0.2, 0.25) is 5.91 Å². The molecule has 2 unspecified atom stereocenters. The first kappa shape index (κ1) is 18.9. The lowest BCUT2D eigenvalue weighted by Gasteiger charge is -2.29. The standard InChI is InChI=1S/C22H26N4OS/c1-15-13-23-21(26(15)14-16-6-4-3-5-7-16)17-8-9-18-20(12-17)25-22(27)19(24-18)10-11-28-2/h3-9,12,15,19,24H,10-11,13-14H2,1-2H3,(H,25,27). The van der Waals surface area contributed by atoms with Crippen molar-refractivity contribution in [2.45, 2.75) is 32.0 Å². The van der Waals surface area contributed by atoms with E-state index in [0.29, 0.717) is 6.04 Å². The average molecular weight is 395 g/mol. The summed E-state index contributed by atoms with van der Waals surface area (Å²) in [4.78, 5) is 19.6. The number of carbonyl (C=O) groups excluding carboxylic acids is 1. The van der Waals surface area contributed by atoms with Crippen molar-refractivity contribution in [1.82, 2.24) is 4.90 Å². The van der Waals surface area contributed by atoms with Crippen LogP contribution in [0.3, 0.4) is 0 Å². The van der Waals surface area contributed by atoms with E-state index in [1.165, 1.54) is 5.56 Å². The zero-order chi connectivity index (χ0) is 19.5. The van der Waals surface area contributed by atoms with Gasteiger partial charge in [-0.15, -0.1) is 0 Å². The molecule has 2 heterocycles. The number of nitrogens with zero attached hydrogens (tertiary/aromatic N) is 2. The van der Waals surface area contributed by atoms with Gasteiger partial charge in [0.1, 0.15) is 11.9 Å². The maximum atomic E-state index is 12.4. The van der Waals surface area contributed by atoms with E-state index in [1.54, 1.807) is 11.8 Å². The van der Waals surface area contributed by atoms with Crippen LogP contribution in [-0.2, 0) is 11.3 Å². The lowest BCUT2D eigenvalue weighted by Crippen LogP contribution is -2.39. The molecular weight excluding hydrogens is 368 g/mol. The number of aliphatic imine (C=N–C) groups is 1. The van der Waals surface area contributed by atoms with Crippen molar-refractivity contribution in [3.63, 3.8) is 0 Å². The molecule has 2 atom stereocenters. The fourth-order valence-electron chi connectivity index (χ4n) is 3.71. The molecule has 0 spiro atoms. The van der Waals surface area contributed by atoms with Crippen molar-refractivity contribution in [2.75, 3.05) is 29.2 Å². The molecule has 2 aromatic carbocycles. The Labute approximate surface area is 170 Å². The summed E-state index contributed by atoms with van der Waals surface area (Å²) in [6, 6.07) is 16.9. The number of nitrogens with one attached hydrogen (secondary N) is 2. The average Bonchev–Trinajstić information content (AvgIpc) is 3.07. The molecule has 5 nitrogen and oxygen atoms in total. The Kier molecular flexibility index (Phi) is 5.57. The van der Waals surface area contributed by atoms with Crippen molar-refractivity contribution in [1.29, 1.82) is 0 Å². The van der Waals surface area contributed by atoms with E-state index < -0.39 is 0 Å². The lowest BCUT2D eigenvalue weighted by atomic mass is 10.1. The number of fused-ring (bicyclic) bond motifs is 1. The number of hydrogen-bond donors (Lipinski definition) is 2. The molecule has 2 aromatic rings. The van der Waals surface area contributed by atoms with Crippen LogP contribution in [0.15, 0.2) is 53.5 Å². The van der Waals surface area contributed by atoms with Crippen molar-refractivity contribution in [3.8, 4) is 0 Å². The first-order chi connectivity index (χ1) is 13.7. The molecule has 2 N–H and O–H groups in total. The summed E-state index contributed by atoms with van der Waals surface area (Å²) in [6.07, 6.45) is 2.88. The summed E-state index contributed by atoms with van der Waals surface area (Å²) in [5.41, 5.74) is 4.14. The first-order valence-corrected chi connectivity index (χ1v) is 11.1. The largest absolute Gasteiger partial charge is 0.372 e. The Morgan fingerprint density at radius 1 is 1.18 bits per heavy atom. The number of thioether (sulfide) groups is 1. The van der Waals surface area contributed by atoms with Gasteiger partial charge in [-0.1, -0.05) is 30.3 Å². The van der Waals surface area contributed by atoms with Gasteiger partial charge in [0, 0.05) is 18.2 Å². The van der Waals surface area contributed by atoms with Gasteiger partial charge >= 0.3 is 0 Å². The first-order valence-electron chi connectivity index (χ1n) is 9.71. The van der Waals surface area contributed by atoms with Gasteiger partial charge in [-0.3, -0.25) is 9.79 Å². The van der Waals surface area contributed by atoms with Gasteiger partial charge in [0.25, 0.3) is 0 Å². The molecule has 2 aliphatic heterocycles. The van der Waals surface area contributed by atoms with Crippen LogP contribution < -0.4 is 10.6 Å². The monoisotopic (exact) mass is 394 g/mol. The SMILES string of the molecule is CSCCC1Nc2ccc(C3=NCC(C)N3Cc3ccccc3)cc2NC1=O. The minimum atomic E-state index is -0.163. The van der Waals surface area contributed by atoms with Crippen molar-refractivity contribution < 1.29 is 4.79 Å². The molecule has 0 radical (unpaired) electrons. The van der Waals surface area contributed by atoms with Crippen molar-refractivity contribution in [3.05, 3.63) is 59.7 Å². The van der Waals surface area contributed by atoms with Gasteiger partial charge in [0.05, 0.1) is 17.9 Å². The van der Waals surface area contributed by atoms with Crippen LogP contribution in [0.25, 0.3) is 0 Å². The maximum absolute atomic E-state index is 12.4. The van der Waals surface area contributed by atoms with E-state index >= 15 is 0 Å². The summed E-state index contributed by atoms with van der Waals surface area (Å²) < 4.78 is 0. The van der Waals surface area contributed by atoms with Crippen LogP contribution >= 0.6 is 11.8 Å². The zero-order valence-corrected chi connectivity index (χ0v) is 17.1. The summed E-state index contributed by atoms with van der Waals surface area (Å²) in [7, 11) is 0. The molecule has 0 aliphatic carbocycles. The molecule has 0 fully saturated rings. The Hall–Kier alpha value is -2.47. The molecule has 0 bridgehead atoms. The fourth-order valence-corrected chi connectivity index (χ4v) is 4.18. The number of anilines is 2. The van der Waals surface area contributed by atoms with Gasteiger partial charge in [-0.2, -0.15) is 11.8 Å². The van der Waals surface area contributed by atoms with E-state index in [-0.39, 0.29) is 11.9 Å². The third-order valence-corrected chi connectivity index (χ3v) is 5.94. The number of benzene rings is 2. The number of carbonyl (C=O) groups is 1. The molecule has 0 saturated heterocycles. The highest BCUT2D eigenvalue weighted by atomic mass is 32.2. The zero-order valence-electron chi connectivity index (χ0n) is 16.3. The smallest absolute Gasteiger partial charge is 0.246 e. The predicted molar refractivity (Wildman–Crippen MR) is 118 cm³/mol. The Bertz CT molecular complexity index is 883. The number of amides is 1. The summed E-state index contributed by atoms with van der Waals surface area (Å²) in [5, 5.41) is 6.45. The fraction of sp³-hybridized carbons (Fsp3) is 0.364. The second kappa shape index (κ2) is 8.27. The van der Waals surface area contributed by atoms with Gasteiger partial charge in [-0.05, 0) is 49.1 Å². The van der Waals surface area contributed by atoms with Crippen LogP contribution in [0.2, 0.25) is 0 Å². The van der Waals surface area contributed by atoms with Crippen LogP contribution in [-0.4, -0.2) is 47.3 Å². The van der Waals surface area contributed by atoms with E-state index in [4.69, 9.17) is 4.99 Å². The Morgan fingerprint density at radius 2 is 2.00 bits per heavy atom. The van der Waals surface area contributed by atoms with Crippen LogP contribution in [0.1, 0.15) is 24.5 Å². The van der Waals surface area contributed by atoms with E-state index in [1.807, 2.05) is 12.1 Å². The quantitative estimate of drug-likeness (QED) is 0.782. The van der Waals surface area contributed by atoms with E-state index in [2.05, 4.69) is 65.1 Å². The summed E-state index contributed by atoms with van der Waals surface area (Å²) in [6.45, 7) is 3.83. The minimum absolute atomic E-state index is 0.0431. The number of hydrogen-bond acceptors (Lipinski definition) is 5.